The third kappa shape index (κ3) is 3.46. The smallest absolute Gasteiger partial charge is 0.232 e. The number of piperidine rings is 1. The summed E-state index contributed by atoms with van der Waals surface area (Å²) < 4.78 is 5.86. The number of aromatic amines is 1. The Kier molecular flexibility index (Phi) is 4.30. The van der Waals surface area contributed by atoms with E-state index in [9.17, 15) is 5.11 Å². The van der Waals surface area contributed by atoms with E-state index in [1.54, 1.807) is 30.9 Å². The molecule has 0 atom stereocenters. The Bertz CT molecular complexity index is 827. The highest BCUT2D eigenvalue weighted by Crippen LogP contribution is 2.32. The molecule has 1 aliphatic heterocycles. The topological polar surface area (TPSA) is 96.0 Å². The molecule has 0 bridgehead atoms. The molecule has 1 aromatic carbocycles. The summed E-state index contributed by atoms with van der Waals surface area (Å²) in [4.78, 5) is 8.72. The fourth-order valence-corrected chi connectivity index (χ4v) is 2.94. The van der Waals surface area contributed by atoms with E-state index in [-0.39, 0.29) is 11.9 Å². The van der Waals surface area contributed by atoms with Gasteiger partial charge in [-0.05, 0) is 43.6 Å². The van der Waals surface area contributed by atoms with Gasteiger partial charge in [0.1, 0.15) is 11.9 Å². The van der Waals surface area contributed by atoms with Gasteiger partial charge in [-0.2, -0.15) is 5.10 Å². The van der Waals surface area contributed by atoms with Gasteiger partial charge < -0.3 is 15.2 Å². The third-order valence-electron chi connectivity index (χ3n) is 4.31. The molecular weight excluding hydrogens is 318 g/mol. The van der Waals surface area contributed by atoms with Crippen molar-refractivity contribution in [1.82, 2.24) is 25.5 Å². The van der Waals surface area contributed by atoms with E-state index in [0.29, 0.717) is 17.1 Å². The van der Waals surface area contributed by atoms with Crippen LogP contribution in [0.5, 0.6) is 11.6 Å². The van der Waals surface area contributed by atoms with Gasteiger partial charge in [-0.1, -0.05) is 6.07 Å². The number of phenols is 1. The zero-order valence-electron chi connectivity index (χ0n) is 13.6. The average Bonchev–Trinajstić information content (AvgIpc) is 3.18. The van der Waals surface area contributed by atoms with E-state index < -0.39 is 0 Å². The predicted molar refractivity (Wildman–Crippen MR) is 93.2 cm³/mol. The minimum absolute atomic E-state index is 0.153. The van der Waals surface area contributed by atoms with Gasteiger partial charge in [-0.25, -0.2) is 9.97 Å². The normalized spacial score (nSPS) is 15.2. The summed E-state index contributed by atoms with van der Waals surface area (Å²) in [5.41, 5.74) is 3.04. The molecule has 0 amide bonds. The summed E-state index contributed by atoms with van der Waals surface area (Å²) in [6.07, 6.45) is 8.86. The van der Waals surface area contributed by atoms with E-state index in [1.807, 2.05) is 12.1 Å². The van der Waals surface area contributed by atoms with E-state index in [1.165, 1.54) is 0 Å². The highest BCUT2D eigenvalue weighted by Gasteiger charge is 2.15. The molecule has 1 saturated heterocycles. The number of hydrogen-bond acceptors (Lipinski definition) is 6. The van der Waals surface area contributed by atoms with Crippen molar-refractivity contribution in [3.63, 3.8) is 0 Å². The van der Waals surface area contributed by atoms with E-state index >= 15 is 0 Å². The largest absolute Gasteiger partial charge is 0.507 e. The van der Waals surface area contributed by atoms with Crippen LogP contribution in [0.15, 0.2) is 43.0 Å². The van der Waals surface area contributed by atoms with Crippen LogP contribution >= 0.6 is 0 Å². The van der Waals surface area contributed by atoms with Gasteiger partial charge in [0, 0.05) is 17.3 Å². The number of rotatable bonds is 4. The van der Waals surface area contributed by atoms with Crippen LogP contribution in [0.25, 0.3) is 22.4 Å². The second-order valence-electron chi connectivity index (χ2n) is 6.03. The lowest BCUT2D eigenvalue weighted by molar-refractivity contribution is 0.155. The molecule has 7 nitrogen and oxygen atoms in total. The molecule has 1 fully saturated rings. The van der Waals surface area contributed by atoms with Gasteiger partial charge in [-0.15, -0.1) is 0 Å². The molecule has 0 aliphatic carbocycles. The minimum atomic E-state index is 0.153. The second-order valence-corrected chi connectivity index (χ2v) is 6.03. The van der Waals surface area contributed by atoms with Gasteiger partial charge in [0.25, 0.3) is 0 Å². The average molecular weight is 337 g/mol. The molecule has 0 spiro atoms. The van der Waals surface area contributed by atoms with E-state index in [2.05, 4.69) is 25.5 Å². The number of hydrogen-bond donors (Lipinski definition) is 3. The van der Waals surface area contributed by atoms with Gasteiger partial charge in [-0.3, -0.25) is 5.10 Å². The minimum Gasteiger partial charge on any atom is -0.507 e. The van der Waals surface area contributed by atoms with Crippen molar-refractivity contribution >= 4 is 0 Å². The van der Waals surface area contributed by atoms with Crippen molar-refractivity contribution in [2.75, 3.05) is 13.1 Å². The zero-order valence-corrected chi connectivity index (χ0v) is 13.6. The first-order valence-corrected chi connectivity index (χ1v) is 8.31. The molecule has 0 radical (unpaired) electrons. The highest BCUT2D eigenvalue weighted by atomic mass is 16.5. The number of nitrogens with zero attached hydrogens (tertiary/aromatic N) is 3. The number of aromatic hydroxyl groups is 1. The van der Waals surface area contributed by atoms with Crippen molar-refractivity contribution in [2.45, 2.75) is 18.9 Å². The Hall–Kier alpha value is -2.93. The monoisotopic (exact) mass is 337 g/mol. The van der Waals surface area contributed by atoms with Crippen LogP contribution in [-0.2, 0) is 0 Å². The van der Waals surface area contributed by atoms with Crippen LogP contribution in [0.1, 0.15) is 12.8 Å². The fraction of sp³-hybridized carbons (Fsp3) is 0.278. The number of benzene rings is 1. The van der Waals surface area contributed by atoms with Crippen molar-refractivity contribution in [2.24, 2.45) is 0 Å². The molecule has 25 heavy (non-hydrogen) atoms. The summed E-state index contributed by atoms with van der Waals surface area (Å²) in [6.45, 7) is 1.93. The first-order valence-electron chi connectivity index (χ1n) is 8.31. The van der Waals surface area contributed by atoms with E-state index in [0.717, 1.165) is 37.1 Å². The maximum Gasteiger partial charge on any atom is 0.232 e. The molecule has 4 rings (SSSR count). The number of phenolic OH excluding ortho intramolecular Hbond substituents is 1. The van der Waals surface area contributed by atoms with Crippen LogP contribution in [-0.4, -0.2) is 44.5 Å². The Morgan fingerprint density at radius 3 is 2.60 bits per heavy atom. The standard InChI is InChI=1S/C18H19N5O2/c24-17-7-12(13-8-22-23-9-13)1-2-15(17)16-10-21-18(11-20-16)25-14-3-5-19-6-4-14/h1-2,7-11,14,19,24H,3-6H2,(H,22,23). The molecule has 3 aromatic rings. The van der Waals surface area contributed by atoms with Crippen LogP contribution in [0, 0.1) is 0 Å². The molecule has 128 valence electrons. The fourth-order valence-electron chi connectivity index (χ4n) is 2.94. The number of H-pyrrole nitrogens is 1. The summed E-state index contributed by atoms with van der Waals surface area (Å²) in [5.74, 6) is 0.671. The molecule has 3 N–H and O–H groups in total. The second kappa shape index (κ2) is 6.90. The summed E-state index contributed by atoms with van der Waals surface area (Å²) in [6, 6.07) is 5.44. The number of aromatic nitrogens is 4. The van der Waals surface area contributed by atoms with Crippen LogP contribution in [0.2, 0.25) is 0 Å². The lowest BCUT2D eigenvalue weighted by Gasteiger charge is -2.23. The third-order valence-corrected chi connectivity index (χ3v) is 4.31. The van der Waals surface area contributed by atoms with E-state index in [4.69, 9.17) is 4.74 Å². The maximum absolute atomic E-state index is 10.3. The molecule has 0 saturated carbocycles. The van der Waals surface area contributed by atoms with Gasteiger partial charge in [0.05, 0.1) is 24.3 Å². The van der Waals surface area contributed by atoms with Crippen LogP contribution < -0.4 is 10.1 Å². The summed E-state index contributed by atoms with van der Waals surface area (Å²) in [7, 11) is 0. The van der Waals surface area contributed by atoms with Gasteiger partial charge >= 0.3 is 0 Å². The first-order chi connectivity index (χ1) is 12.3. The summed E-state index contributed by atoms with van der Waals surface area (Å²) >= 11 is 0. The Morgan fingerprint density at radius 2 is 1.92 bits per heavy atom. The Morgan fingerprint density at radius 1 is 1.04 bits per heavy atom. The molecule has 3 heterocycles. The highest BCUT2D eigenvalue weighted by molar-refractivity contribution is 5.73. The molecule has 2 aromatic heterocycles. The van der Waals surface area contributed by atoms with Gasteiger partial charge in [0.2, 0.25) is 5.88 Å². The number of nitrogens with one attached hydrogen (secondary N) is 2. The maximum atomic E-state index is 10.3. The Labute approximate surface area is 145 Å². The first kappa shape index (κ1) is 15.6. The SMILES string of the molecule is Oc1cc(-c2cn[nH]c2)ccc1-c1cnc(OC2CCNCC2)cn1. The predicted octanol–water partition coefficient (Wildman–Crippen LogP) is 2.37. The van der Waals surface area contributed by atoms with Gasteiger partial charge in [0.15, 0.2) is 0 Å². The molecule has 1 aliphatic rings. The quantitative estimate of drug-likeness (QED) is 0.676. The lowest BCUT2D eigenvalue weighted by atomic mass is 10.0. The van der Waals surface area contributed by atoms with Crippen molar-refractivity contribution in [1.29, 1.82) is 0 Å². The van der Waals surface area contributed by atoms with Crippen molar-refractivity contribution < 1.29 is 9.84 Å². The van der Waals surface area contributed by atoms with Crippen molar-refractivity contribution in [3.8, 4) is 34.0 Å². The molecule has 0 unspecified atom stereocenters. The zero-order chi connectivity index (χ0) is 17.1. The van der Waals surface area contributed by atoms with Crippen molar-refractivity contribution in [3.05, 3.63) is 43.0 Å². The number of ether oxygens (including phenoxy) is 1. The summed E-state index contributed by atoms with van der Waals surface area (Å²) in [5, 5.41) is 20.3. The van der Waals surface area contributed by atoms with Crippen LogP contribution in [0.4, 0.5) is 0 Å². The Balaban J connectivity index is 1.51. The molecular formula is C18H19N5O2. The molecule has 7 heteroatoms. The lowest BCUT2D eigenvalue weighted by Crippen LogP contribution is -2.34. The van der Waals surface area contributed by atoms with Crippen LogP contribution in [0.3, 0.4) is 0 Å².